The summed E-state index contributed by atoms with van der Waals surface area (Å²) in [6.45, 7) is 3.77. The molecule has 6 heteroatoms. The Balaban J connectivity index is 2.66. The summed E-state index contributed by atoms with van der Waals surface area (Å²) in [6, 6.07) is 3.36. The van der Waals surface area contributed by atoms with Crippen molar-refractivity contribution in [3.05, 3.63) is 24.0 Å². The van der Waals surface area contributed by atoms with Gasteiger partial charge in [-0.1, -0.05) is 13.8 Å². The van der Waals surface area contributed by atoms with Crippen LogP contribution >= 0.6 is 0 Å². The van der Waals surface area contributed by atoms with Crippen molar-refractivity contribution in [2.45, 2.75) is 13.8 Å². The van der Waals surface area contributed by atoms with Crippen LogP contribution in [0.5, 0.6) is 0 Å². The number of fused-ring (bicyclic) bond motifs is 1. The maximum atomic E-state index is 11.4. The topological polar surface area (TPSA) is 71.4 Å². The molecule has 0 amide bonds. The van der Waals surface area contributed by atoms with Crippen LogP contribution in [0.3, 0.4) is 0 Å². The zero-order valence-corrected chi connectivity index (χ0v) is 9.25. The van der Waals surface area contributed by atoms with Crippen LogP contribution in [0, 0.1) is 5.92 Å². The van der Waals surface area contributed by atoms with Gasteiger partial charge in [0.05, 0.1) is 11.4 Å². The molecular weight excluding hydrogens is 214 g/mol. The van der Waals surface area contributed by atoms with Crippen molar-refractivity contribution >= 4 is 21.6 Å². The second kappa shape index (κ2) is 3.30. The Kier molecular flexibility index (Phi) is 2.22. The van der Waals surface area contributed by atoms with Crippen LogP contribution in [0.1, 0.15) is 19.5 Å². The standard InChI is InChI=1S/C9H11N3O2S/c1-6(2)8-9-7(4-3-5-10-9)11-15(13,14)12-8/h3-6,11H,1-2H3. The SMILES string of the molecule is CC(C)C1=NS(=O)(=O)Nc2cccnc21. The Bertz CT molecular complexity index is 520. The van der Waals surface area contributed by atoms with E-state index in [1.807, 2.05) is 13.8 Å². The van der Waals surface area contributed by atoms with Crippen molar-refractivity contribution in [2.75, 3.05) is 4.72 Å². The first-order chi connectivity index (χ1) is 6.99. The van der Waals surface area contributed by atoms with Crippen molar-refractivity contribution in [1.29, 1.82) is 0 Å². The highest BCUT2D eigenvalue weighted by Crippen LogP contribution is 2.23. The molecule has 15 heavy (non-hydrogen) atoms. The Morgan fingerprint density at radius 3 is 2.80 bits per heavy atom. The highest BCUT2D eigenvalue weighted by atomic mass is 32.2. The van der Waals surface area contributed by atoms with E-state index in [2.05, 4.69) is 14.1 Å². The van der Waals surface area contributed by atoms with E-state index in [0.29, 0.717) is 17.1 Å². The molecule has 1 N–H and O–H groups in total. The maximum absolute atomic E-state index is 11.4. The molecule has 1 aromatic heterocycles. The number of hydrogen-bond acceptors (Lipinski definition) is 3. The first-order valence-electron chi connectivity index (χ1n) is 4.57. The zero-order valence-electron chi connectivity index (χ0n) is 8.43. The summed E-state index contributed by atoms with van der Waals surface area (Å²) in [6.07, 6.45) is 1.62. The molecule has 1 aromatic rings. The van der Waals surface area contributed by atoms with Gasteiger partial charge in [0.1, 0.15) is 5.69 Å². The minimum Gasteiger partial charge on any atom is -0.263 e. The smallest absolute Gasteiger partial charge is 0.263 e. The van der Waals surface area contributed by atoms with E-state index in [9.17, 15) is 8.42 Å². The second-order valence-electron chi connectivity index (χ2n) is 3.61. The number of nitrogens with zero attached hydrogens (tertiary/aromatic N) is 2. The third kappa shape index (κ3) is 1.85. The van der Waals surface area contributed by atoms with Gasteiger partial charge in [0.25, 0.3) is 0 Å². The van der Waals surface area contributed by atoms with Crippen molar-refractivity contribution in [3.8, 4) is 0 Å². The quantitative estimate of drug-likeness (QED) is 0.780. The Hall–Kier alpha value is -1.43. The number of anilines is 1. The van der Waals surface area contributed by atoms with E-state index < -0.39 is 10.2 Å². The molecule has 1 aliphatic heterocycles. The van der Waals surface area contributed by atoms with Crippen molar-refractivity contribution in [2.24, 2.45) is 10.3 Å². The zero-order chi connectivity index (χ0) is 11.1. The van der Waals surface area contributed by atoms with Gasteiger partial charge in [0.2, 0.25) is 0 Å². The third-order valence-electron chi connectivity index (χ3n) is 2.05. The van der Waals surface area contributed by atoms with Crippen molar-refractivity contribution < 1.29 is 8.42 Å². The highest BCUT2D eigenvalue weighted by Gasteiger charge is 2.24. The van der Waals surface area contributed by atoms with Gasteiger partial charge in [-0.15, -0.1) is 4.40 Å². The van der Waals surface area contributed by atoms with E-state index in [1.54, 1.807) is 18.3 Å². The summed E-state index contributed by atoms with van der Waals surface area (Å²) in [7, 11) is -3.59. The van der Waals surface area contributed by atoms with E-state index in [1.165, 1.54) is 0 Å². The highest BCUT2D eigenvalue weighted by molar-refractivity contribution is 7.91. The number of aromatic nitrogens is 1. The number of rotatable bonds is 1. The van der Waals surface area contributed by atoms with Gasteiger partial charge in [-0.2, -0.15) is 8.42 Å². The van der Waals surface area contributed by atoms with E-state index >= 15 is 0 Å². The predicted molar refractivity (Wildman–Crippen MR) is 58.2 cm³/mol. The molecule has 2 rings (SSSR count). The summed E-state index contributed by atoms with van der Waals surface area (Å²) in [5.41, 5.74) is 1.61. The predicted octanol–water partition coefficient (Wildman–Crippen LogP) is 1.20. The lowest BCUT2D eigenvalue weighted by atomic mass is 10.0. The van der Waals surface area contributed by atoms with Crippen LogP contribution < -0.4 is 4.72 Å². The normalized spacial score (nSPS) is 17.9. The lowest BCUT2D eigenvalue weighted by Crippen LogP contribution is -2.25. The van der Waals surface area contributed by atoms with Crippen LogP contribution in [0.4, 0.5) is 5.69 Å². The molecule has 0 spiro atoms. The maximum Gasteiger partial charge on any atom is 0.342 e. The van der Waals surface area contributed by atoms with Crippen LogP contribution in [-0.2, 0) is 10.2 Å². The summed E-state index contributed by atoms with van der Waals surface area (Å²) in [5.74, 6) is 0.0236. The molecule has 2 heterocycles. The van der Waals surface area contributed by atoms with Gasteiger partial charge in [-0.05, 0) is 18.1 Å². The lowest BCUT2D eigenvalue weighted by molar-refractivity contribution is 0.602. The van der Waals surface area contributed by atoms with E-state index in [4.69, 9.17) is 0 Å². The molecule has 0 aliphatic carbocycles. The largest absolute Gasteiger partial charge is 0.342 e. The summed E-state index contributed by atoms with van der Waals surface area (Å²) in [5, 5.41) is 0. The van der Waals surface area contributed by atoms with E-state index in [-0.39, 0.29) is 5.92 Å². The monoisotopic (exact) mass is 225 g/mol. The first kappa shape index (κ1) is 10.1. The fraction of sp³-hybridized carbons (Fsp3) is 0.333. The summed E-state index contributed by atoms with van der Waals surface area (Å²) in [4.78, 5) is 4.13. The first-order valence-corrected chi connectivity index (χ1v) is 6.01. The molecule has 5 nitrogen and oxygen atoms in total. The fourth-order valence-corrected chi connectivity index (χ4v) is 2.45. The van der Waals surface area contributed by atoms with Crippen molar-refractivity contribution in [1.82, 2.24) is 4.98 Å². The average Bonchev–Trinajstić information content (AvgIpc) is 2.14. The van der Waals surface area contributed by atoms with E-state index in [0.717, 1.165) is 0 Å². The number of nitrogens with one attached hydrogen (secondary N) is 1. The summed E-state index contributed by atoms with van der Waals surface area (Å²) >= 11 is 0. The molecule has 0 fully saturated rings. The molecule has 0 radical (unpaired) electrons. The molecular formula is C9H11N3O2S. The van der Waals surface area contributed by atoms with Gasteiger partial charge in [0, 0.05) is 6.20 Å². The van der Waals surface area contributed by atoms with Gasteiger partial charge in [-0.3, -0.25) is 9.71 Å². The molecule has 0 saturated carbocycles. The fourth-order valence-electron chi connectivity index (χ4n) is 1.41. The minimum absolute atomic E-state index is 0.0236. The third-order valence-corrected chi connectivity index (χ3v) is 2.97. The van der Waals surface area contributed by atoms with Crippen LogP contribution in [0.15, 0.2) is 22.7 Å². The van der Waals surface area contributed by atoms with Gasteiger partial charge in [-0.25, -0.2) is 0 Å². The molecule has 80 valence electrons. The average molecular weight is 225 g/mol. The molecule has 1 aliphatic rings. The second-order valence-corrected chi connectivity index (χ2v) is 4.94. The molecule has 0 unspecified atom stereocenters. The van der Waals surface area contributed by atoms with Gasteiger partial charge >= 0.3 is 10.2 Å². The molecule has 0 atom stereocenters. The Morgan fingerprint density at radius 1 is 1.40 bits per heavy atom. The Morgan fingerprint density at radius 2 is 2.13 bits per heavy atom. The molecule has 0 bridgehead atoms. The van der Waals surface area contributed by atoms with Crippen LogP contribution in [-0.4, -0.2) is 19.1 Å². The van der Waals surface area contributed by atoms with Gasteiger partial charge < -0.3 is 0 Å². The molecule has 0 aromatic carbocycles. The van der Waals surface area contributed by atoms with Crippen LogP contribution in [0.2, 0.25) is 0 Å². The number of hydrogen-bond donors (Lipinski definition) is 1. The van der Waals surface area contributed by atoms with Gasteiger partial charge in [0.15, 0.2) is 0 Å². The lowest BCUT2D eigenvalue weighted by Gasteiger charge is -2.18. The molecule has 0 saturated heterocycles. The van der Waals surface area contributed by atoms with Crippen molar-refractivity contribution in [3.63, 3.8) is 0 Å². The van der Waals surface area contributed by atoms with Crippen LogP contribution in [0.25, 0.3) is 0 Å². The Labute approximate surface area is 88.4 Å². The minimum atomic E-state index is -3.59. The summed E-state index contributed by atoms with van der Waals surface area (Å²) < 4.78 is 28.8. The number of pyridine rings is 1.